The third kappa shape index (κ3) is 4.88. The van der Waals surface area contributed by atoms with Crippen LogP contribution in [0.4, 0.5) is 0 Å². The van der Waals surface area contributed by atoms with Crippen LogP contribution in [0.5, 0.6) is 17.2 Å². The van der Waals surface area contributed by atoms with Crippen molar-refractivity contribution >= 4 is 17.5 Å². The molecule has 0 atom stereocenters. The van der Waals surface area contributed by atoms with Crippen LogP contribution in [0.1, 0.15) is 33.6 Å². The lowest BCUT2D eigenvalue weighted by molar-refractivity contribution is -0.142. The van der Waals surface area contributed by atoms with E-state index in [1.807, 2.05) is 0 Å². The molecule has 1 aliphatic heterocycles. The van der Waals surface area contributed by atoms with Gasteiger partial charge < -0.3 is 18.9 Å². The van der Waals surface area contributed by atoms with Crippen LogP contribution in [-0.2, 0) is 9.53 Å². The number of carbonyl (C=O) groups is 3. The molecule has 0 radical (unpaired) electrons. The molecule has 0 saturated carbocycles. The Morgan fingerprint density at radius 1 is 0.857 bits per heavy atom. The molecule has 0 amide bonds. The Balaban J connectivity index is 1.45. The molecule has 0 N–H and O–H groups in total. The topological polar surface area (TPSA) is 88.1 Å². The molecule has 0 fully saturated rings. The average molecular weight is 384 g/mol. The zero-order valence-corrected chi connectivity index (χ0v) is 15.4. The van der Waals surface area contributed by atoms with Crippen LogP contribution in [0.25, 0.3) is 0 Å². The molecule has 0 aliphatic carbocycles. The van der Waals surface area contributed by atoms with Gasteiger partial charge in [0.2, 0.25) is 0 Å². The molecule has 0 spiro atoms. The first-order chi connectivity index (χ1) is 13.6. The molecule has 7 heteroatoms. The minimum Gasteiger partial charge on any atom is -0.497 e. The Morgan fingerprint density at radius 2 is 1.54 bits per heavy atom. The van der Waals surface area contributed by atoms with Crippen molar-refractivity contribution in [3.63, 3.8) is 0 Å². The second-order valence-corrected chi connectivity index (χ2v) is 6.09. The summed E-state index contributed by atoms with van der Waals surface area (Å²) in [5.74, 6) is 0.580. The molecular formula is C21H20O7. The molecule has 146 valence electrons. The Kier molecular flexibility index (Phi) is 6.26. The van der Waals surface area contributed by atoms with E-state index in [0.29, 0.717) is 41.6 Å². The summed E-state index contributed by atoms with van der Waals surface area (Å²) in [5.41, 5.74) is 0.854. The second kappa shape index (κ2) is 9.03. The van der Waals surface area contributed by atoms with Gasteiger partial charge in [0.05, 0.1) is 13.5 Å². The SMILES string of the molecule is COc1ccc(C(=O)CCC(=O)OCC(=O)c2ccc3c(c2)OCCO3)cc1. The summed E-state index contributed by atoms with van der Waals surface area (Å²) in [6.07, 6.45) is -0.0946. The minimum atomic E-state index is -0.604. The van der Waals surface area contributed by atoms with Crippen LogP contribution in [0.15, 0.2) is 42.5 Å². The zero-order valence-electron chi connectivity index (χ0n) is 15.4. The van der Waals surface area contributed by atoms with E-state index in [2.05, 4.69) is 0 Å². The molecule has 0 saturated heterocycles. The number of fused-ring (bicyclic) bond motifs is 1. The predicted octanol–water partition coefficient (Wildman–Crippen LogP) is 2.86. The first-order valence-electron chi connectivity index (χ1n) is 8.82. The quantitative estimate of drug-likeness (QED) is 0.511. The lowest BCUT2D eigenvalue weighted by atomic mass is 10.1. The van der Waals surface area contributed by atoms with Gasteiger partial charge in [-0.2, -0.15) is 0 Å². The Labute approximate surface area is 162 Å². The molecule has 0 bridgehead atoms. The summed E-state index contributed by atoms with van der Waals surface area (Å²) >= 11 is 0. The molecule has 7 nitrogen and oxygen atoms in total. The van der Waals surface area contributed by atoms with Crippen molar-refractivity contribution in [3.8, 4) is 17.2 Å². The summed E-state index contributed by atoms with van der Waals surface area (Å²) in [6.45, 7) is 0.490. The number of hydrogen-bond donors (Lipinski definition) is 0. The second-order valence-electron chi connectivity index (χ2n) is 6.09. The van der Waals surface area contributed by atoms with Crippen molar-refractivity contribution in [1.29, 1.82) is 0 Å². The van der Waals surface area contributed by atoms with Crippen LogP contribution in [0, 0.1) is 0 Å². The first-order valence-corrected chi connectivity index (χ1v) is 8.82. The van der Waals surface area contributed by atoms with Crippen molar-refractivity contribution in [1.82, 2.24) is 0 Å². The van der Waals surface area contributed by atoms with E-state index in [1.165, 1.54) is 0 Å². The van der Waals surface area contributed by atoms with Crippen molar-refractivity contribution in [2.75, 3.05) is 26.9 Å². The van der Waals surface area contributed by atoms with Crippen LogP contribution in [0.3, 0.4) is 0 Å². The monoisotopic (exact) mass is 384 g/mol. The smallest absolute Gasteiger partial charge is 0.306 e. The van der Waals surface area contributed by atoms with Gasteiger partial charge in [-0.15, -0.1) is 0 Å². The van der Waals surface area contributed by atoms with Gasteiger partial charge in [-0.3, -0.25) is 14.4 Å². The standard InChI is InChI=1S/C21H20O7/c1-25-16-5-2-14(3-6-16)17(22)7-9-21(24)28-13-18(23)15-4-8-19-20(12-15)27-11-10-26-19/h2-6,8,12H,7,9-11,13H2,1H3. The summed E-state index contributed by atoms with van der Waals surface area (Å²) in [7, 11) is 1.54. The van der Waals surface area contributed by atoms with E-state index >= 15 is 0 Å². The Bertz CT molecular complexity index is 871. The summed E-state index contributed by atoms with van der Waals surface area (Å²) in [6, 6.07) is 11.4. The number of rotatable bonds is 8. The maximum Gasteiger partial charge on any atom is 0.306 e. The number of hydrogen-bond acceptors (Lipinski definition) is 7. The van der Waals surface area contributed by atoms with Gasteiger partial charge in [-0.1, -0.05) is 0 Å². The van der Waals surface area contributed by atoms with E-state index < -0.39 is 12.6 Å². The van der Waals surface area contributed by atoms with Gasteiger partial charge in [-0.05, 0) is 42.5 Å². The number of Topliss-reactive ketones (excluding diaryl/α,β-unsaturated/α-hetero) is 2. The highest BCUT2D eigenvalue weighted by Gasteiger charge is 2.17. The summed E-state index contributed by atoms with van der Waals surface area (Å²) in [5, 5.41) is 0. The largest absolute Gasteiger partial charge is 0.497 e. The molecule has 0 aromatic heterocycles. The van der Waals surface area contributed by atoms with Crippen molar-refractivity contribution in [2.45, 2.75) is 12.8 Å². The first kappa shape index (κ1) is 19.4. The lowest BCUT2D eigenvalue weighted by Crippen LogP contribution is -2.17. The van der Waals surface area contributed by atoms with Gasteiger partial charge in [0.15, 0.2) is 29.7 Å². The molecule has 1 aliphatic rings. The zero-order chi connectivity index (χ0) is 19.9. The molecule has 2 aromatic rings. The van der Waals surface area contributed by atoms with Crippen molar-refractivity contribution in [2.24, 2.45) is 0 Å². The Morgan fingerprint density at radius 3 is 2.25 bits per heavy atom. The fourth-order valence-electron chi connectivity index (χ4n) is 2.66. The van der Waals surface area contributed by atoms with E-state index in [0.717, 1.165) is 0 Å². The molecular weight excluding hydrogens is 364 g/mol. The van der Waals surface area contributed by atoms with Gasteiger partial charge in [0.1, 0.15) is 19.0 Å². The molecule has 28 heavy (non-hydrogen) atoms. The normalized spacial score (nSPS) is 12.2. The van der Waals surface area contributed by atoms with E-state index in [-0.39, 0.29) is 24.4 Å². The summed E-state index contributed by atoms with van der Waals surface area (Å²) in [4.78, 5) is 36.2. The van der Waals surface area contributed by atoms with E-state index in [1.54, 1.807) is 49.6 Å². The number of methoxy groups -OCH3 is 1. The molecule has 0 unspecified atom stereocenters. The number of esters is 1. The van der Waals surface area contributed by atoms with Gasteiger partial charge in [-0.25, -0.2) is 0 Å². The van der Waals surface area contributed by atoms with Crippen LogP contribution < -0.4 is 14.2 Å². The number of ketones is 2. The van der Waals surface area contributed by atoms with Crippen LogP contribution in [-0.4, -0.2) is 44.5 Å². The number of carbonyl (C=O) groups excluding carboxylic acids is 3. The Hall–Kier alpha value is -3.35. The average Bonchev–Trinajstić information content (AvgIpc) is 2.75. The van der Waals surface area contributed by atoms with Gasteiger partial charge in [0, 0.05) is 17.5 Å². The number of benzene rings is 2. The van der Waals surface area contributed by atoms with Crippen molar-refractivity contribution in [3.05, 3.63) is 53.6 Å². The number of ether oxygens (including phenoxy) is 4. The van der Waals surface area contributed by atoms with Crippen LogP contribution >= 0.6 is 0 Å². The van der Waals surface area contributed by atoms with E-state index in [9.17, 15) is 14.4 Å². The summed E-state index contributed by atoms with van der Waals surface area (Å²) < 4.78 is 20.9. The van der Waals surface area contributed by atoms with E-state index in [4.69, 9.17) is 18.9 Å². The molecule has 2 aromatic carbocycles. The molecule has 3 rings (SSSR count). The highest BCUT2D eigenvalue weighted by molar-refractivity contribution is 5.99. The third-order valence-corrected chi connectivity index (χ3v) is 4.20. The lowest BCUT2D eigenvalue weighted by Gasteiger charge is -2.18. The third-order valence-electron chi connectivity index (χ3n) is 4.20. The van der Waals surface area contributed by atoms with Crippen LogP contribution in [0.2, 0.25) is 0 Å². The predicted molar refractivity (Wildman–Crippen MR) is 99.3 cm³/mol. The fraction of sp³-hybridized carbons (Fsp3) is 0.286. The highest BCUT2D eigenvalue weighted by Crippen LogP contribution is 2.30. The van der Waals surface area contributed by atoms with Gasteiger partial charge >= 0.3 is 5.97 Å². The maximum atomic E-state index is 12.2. The minimum absolute atomic E-state index is 0.00335. The fourth-order valence-corrected chi connectivity index (χ4v) is 2.66. The van der Waals surface area contributed by atoms with Crippen molar-refractivity contribution < 1.29 is 33.3 Å². The highest BCUT2D eigenvalue weighted by atomic mass is 16.6. The van der Waals surface area contributed by atoms with Gasteiger partial charge in [0.25, 0.3) is 0 Å². The molecule has 1 heterocycles. The maximum absolute atomic E-state index is 12.2.